The molecule has 0 amide bonds. The molecule has 164 valence electrons. The predicted octanol–water partition coefficient (Wildman–Crippen LogP) is 5.85. The number of para-hydroxylation sites is 1. The van der Waals surface area contributed by atoms with Gasteiger partial charge in [-0.25, -0.2) is 9.97 Å². The van der Waals surface area contributed by atoms with Crippen LogP contribution in [0.3, 0.4) is 0 Å². The molecule has 1 aliphatic heterocycles. The molecule has 2 aromatic heterocycles. The highest BCUT2D eigenvalue weighted by molar-refractivity contribution is 7.19. The van der Waals surface area contributed by atoms with Crippen molar-refractivity contribution >= 4 is 27.2 Å². The van der Waals surface area contributed by atoms with E-state index < -0.39 is 0 Å². The van der Waals surface area contributed by atoms with Gasteiger partial charge in [0.2, 0.25) is 5.88 Å². The van der Waals surface area contributed by atoms with Gasteiger partial charge in [0.25, 0.3) is 0 Å². The van der Waals surface area contributed by atoms with Gasteiger partial charge >= 0.3 is 0 Å². The first-order chi connectivity index (χ1) is 15.0. The van der Waals surface area contributed by atoms with Crippen LogP contribution in [0.4, 0.5) is 15.8 Å². The van der Waals surface area contributed by atoms with E-state index >= 15 is 0 Å². The van der Waals surface area contributed by atoms with Crippen LogP contribution in [0.25, 0.3) is 0 Å². The Kier molecular flexibility index (Phi) is 6.43. The molecule has 31 heavy (non-hydrogen) atoms. The number of piperidine rings is 1. The second kappa shape index (κ2) is 9.24. The van der Waals surface area contributed by atoms with Crippen LogP contribution in [0.5, 0.6) is 11.6 Å². The van der Waals surface area contributed by atoms with Crippen LogP contribution in [0, 0.1) is 0 Å². The highest BCUT2D eigenvalue weighted by atomic mass is 32.1. The highest BCUT2D eigenvalue weighted by Gasteiger charge is 2.22. The minimum Gasteiger partial charge on any atom is -0.437 e. The number of rotatable bonds is 6. The van der Waals surface area contributed by atoms with E-state index in [0.717, 1.165) is 45.9 Å². The topological polar surface area (TPSA) is 70.5 Å². The lowest BCUT2D eigenvalue weighted by Crippen LogP contribution is -2.29. The molecule has 2 N–H and O–H groups in total. The summed E-state index contributed by atoms with van der Waals surface area (Å²) in [6, 6.07) is 11.9. The normalized spacial score (nSPS) is 14.5. The van der Waals surface area contributed by atoms with Crippen LogP contribution in [0.1, 0.15) is 51.3 Å². The van der Waals surface area contributed by atoms with E-state index in [1.807, 2.05) is 30.3 Å². The van der Waals surface area contributed by atoms with E-state index in [4.69, 9.17) is 4.74 Å². The summed E-state index contributed by atoms with van der Waals surface area (Å²) in [4.78, 5) is 11.4. The van der Waals surface area contributed by atoms with Gasteiger partial charge in [-0.05, 0) is 42.9 Å². The fraction of sp³-hybridized carbons (Fsp3) is 0.417. The molecular weight excluding hydrogens is 408 g/mol. The number of anilines is 3. The Morgan fingerprint density at radius 2 is 1.87 bits per heavy atom. The van der Waals surface area contributed by atoms with Crippen molar-refractivity contribution < 1.29 is 9.84 Å². The highest BCUT2D eigenvalue weighted by Crippen LogP contribution is 2.39. The molecule has 0 radical (unpaired) electrons. The summed E-state index contributed by atoms with van der Waals surface area (Å²) in [6.07, 6.45) is 5.35. The zero-order chi connectivity index (χ0) is 21.8. The van der Waals surface area contributed by atoms with Crippen LogP contribution < -0.4 is 15.0 Å². The number of nitrogens with zero attached hydrogens (tertiary/aromatic N) is 3. The Balaban J connectivity index is 1.60. The third-order valence-electron chi connectivity index (χ3n) is 5.38. The number of pyridine rings is 1. The first-order valence-corrected chi connectivity index (χ1v) is 11.6. The molecule has 0 spiro atoms. The second-order valence-electron chi connectivity index (χ2n) is 8.81. The number of nitrogens with one attached hydrogen (secondary N) is 1. The number of benzene rings is 1. The molecule has 3 heterocycles. The first kappa shape index (κ1) is 21.6. The van der Waals surface area contributed by atoms with Crippen LogP contribution in [0.15, 0.2) is 42.6 Å². The summed E-state index contributed by atoms with van der Waals surface area (Å²) >= 11 is 1.57. The van der Waals surface area contributed by atoms with Crippen molar-refractivity contribution in [1.82, 2.24) is 9.97 Å². The van der Waals surface area contributed by atoms with E-state index in [9.17, 15) is 5.11 Å². The third kappa shape index (κ3) is 4.99. The first-order valence-electron chi connectivity index (χ1n) is 10.8. The Morgan fingerprint density at radius 3 is 2.61 bits per heavy atom. The van der Waals surface area contributed by atoms with E-state index in [2.05, 4.69) is 47.0 Å². The molecule has 0 bridgehead atoms. The fourth-order valence-electron chi connectivity index (χ4n) is 3.81. The molecule has 0 aliphatic carbocycles. The van der Waals surface area contributed by atoms with Crippen LogP contribution >= 0.6 is 11.3 Å². The number of aliphatic hydroxyl groups excluding tert-OH is 1. The summed E-state index contributed by atoms with van der Waals surface area (Å²) in [5.74, 6) is 1.29. The maximum Gasteiger partial charge on any atom is 0.243 e. The van der Waals surface area contributed by atoms with Gasteiger partial charge in [-0.3, -0.25) is 0 Å². The van der Waals surface area contributed by atoms with Crippen molar-refractivity contribution in [2.75, 3.05) is 23.3 Å². The summed E-state index contributed by atoms with van der Waals surface area (Å²) in [7, 11) is 0. The van der Waals surface area contributed by atoms with Crippen LogP contribution in [-0.4, -0.2) is 28.2 Å². The zero-order valence-corrected chi connectivity index (χ0v) is 19.2. The smallest absolute Gasteiger partial charge is 0.243 e. The van der Waals surface area contributed by atoms with Crippen molar-refractivity contribution in [3.05, 3.63) is 53.9 Å². The SMILES string of the molecule is CC(C)(C)c1ccccc1Oc1ncccc1Nc1nc(CO)c(N2CCCCC2)s1. The van der Waals surface area contributed by atoms with Crippen molar-refractivity contribution in [1.29, 1.82) is 0 Å². The third-order valence-corrected chi connectivity index (χ3v) is 6.46. The van der Waals surface area contributed by atoms with E-state index in [1.165, 1.54) is 19.3 Å². The predicted molar refractivity (Wildman–Crippen MR) is 127 cm³/mol. The number of hydrogen-bond acceptors (Lipinski definition) is 7. The molecule has 0 saturated carbocycles. The molecule has 3 aromatic rings. The molecule has 0 unspecified atom stereocenters. The van der Waals surface area contributed by atoms with Crippen molar-refractivity contribution in [2.45, 2.75) is 52.1 Å². The molecule has 1 saturated heterocycles. The molecule has 1 aliphatic rings. The largest absolute Gasteiger partial charge is 0.437 e. The maximum absolute atomic E-state index is 9.84. The maximum atomic E-state index is 9.84. The lowest BCUT2D eigenvalue weighted by Gasteiger charge is -2.27. The lowest BCUT2D eigenvalue weighted by molar-refractivity contribution is 0.278. The lowest BCUT2D eigenvalue weighted by atomic mass is 9.86. The monoisotopic (exact) mass is 438 g/mol. The number of hydrogen-bond donors (Lipinski definition) is 2. The van der Waals surface area contributed by atoms with Gasteiger partial charge in [-0.1, -0.05) is 50.3 Å². The van der Waals surface area contributed by atoms with E-state index in [0.29, 0.717) is 5.88 Å². The average molecular weight is 439 g/mol. The summed E-state index contributed by atoms with van der Waals surface area (Å²) in [6.45, 7) is 8.46. The molecule has 7 heteroatoms. The Bertz CT molecular complexity index is 1020. The molecular formula is C24H30N4O2S. The van der Waals surface area contributed by atoms with Gasteiger partial charge in [0.15, 0.2) is 5.13 Å². The average Bonchev–Trinajstić information content (AvgIpc) is 3.18. The molecule has 0 atom stereocenters. The Labute approximate surface area is 187 Å². The van der Waals surface area contributed by atoms with Crippen molar-refractivity contribution in [3.8, 4) is 11.6 Å². The Hall–Kier alpha value is -2.64. The second-order valence-corrected chi connectivity index (χ2v) is 9.78. The minimum atomic E-state index is -0.0701. The number of ether oxygens (including phenoxy) is 1. The van der Waals surface area contributed by atoms with Crippen molar-refractivity contribution in [2.24, 2.45) is 0 Å². The summed E-state index contributed by atoms with van der Waals surface area (Å²) in [5.41, 5.74) is 2.54. The van der Waals surface area contributed by atoms with E-state index in [-0.39, 0.29) is 12.0 Å². The standard InChI is InChI=1S/C24H30N4O2S/c1-24(2,3)17-10-5-6-12-20(17)30-21-18(11-9-13-25-21)26-23-27-19(16-29)22(31-23)28-14-7-4-8-15-28/h5-6,9-13,29H,4,7-8,14-16H2,1-3H3,(H,26,27). The quantitative estimate of drug-likeness (QED) is 0.503. The van der Waals surface area contributed by atoms with Gasteiger partial charge in [0.1, 0.15) is 22.1 Å². The van der Waals surface area contributed by atoms with Gasteiger partial charge in [-0.15, -0.1) is 0 Å². The molecule has 1 aromatic carbocycles. The fourth-order valence-corrected chi connectivity index (χ4v) is 4.85. The summed E-state index contributed by atoms with van der Waals surface area (Å²) in [5, 5.41) is 15.0. The van der Waals surface area contributed by atoms with Gasteiger partial charge in [-0.2, -0.15) is 0 Å². The number of thiazole rings is 1. The Morgan fingerprint density at radius 1 is 1.10 bits per heavy atom. The minimum absolute atomic E-state index is 0.0480. The molecule has 6 nitrogen and oxygen atoms in total. The summed E-state index contributed by atoms with van der Waals surface area (Å²) < 4.78 is 6.26. The molecule has 4 rings (SSSR count). The number of aromatic nitrogens is 2. The van der Waals surface area contributed by atoms with Crippen LogP contribution in [0.2, 0.25) is 0 Å². The van der Waals surface area contributed by atoms with Gasteiger partial charge in [0, 0.05) is 24.8 Å². The van der Waals surface area contributed by atoms with Crippen LogP contribution in [-0.2, 0) is 12.0 Å². The van der Waals surface area contributed by atoms with Gasteiger partial charge < -0.3 is 20.1 Å². The molecule has 1 fully saturated rings. The van der Waals surface area contributed by atoms with E-state index in [1.54, 1.807) is 17.5 Å². The van der Waals surface area contributed by atoms with Gasteiger partial charge in [0.05, 0.1) is 6.61 Å². The zero-order valence-electron chi connectivity index (χ0n) is 18.4. The number of aliphatic hydroxyl groups is 1. The van der Waals surface area contributed by atoms with Crippen molar-refractivity contribution in [3.63, 3.8) is 0 Å².